The summed E-state index contributed by atoms with van der Waals surface area (Å²) < 4.78 is 0. The van der Waals surface area contributed by atoms with E-state index < -0.39 is 0 Å². The Morgan fingerprint density at radius 3 is 2.61 bits per heavy atom. The fourth-order valence-corrected chi connectivity index (χ4v) is 4.34. The van der Waals surface area contributed by atoms with E-state index in [0.29, 0.717) is 0 Å². The van der Waals surface area contributed by atoms with Crippen LogP contribution in [-0.4, -0.2) is 0 Å². The van der Waals surface area contributed by atoms with Crippen LogP contribution in [0.15, 0.2) is 54.6 Å². The maximum Gasteiger partial charge on any atom is -0.00853 e. The molecule has 0 spiro atoms. The molecule has 0 N–H and O–H groups in total. The molecule has 1 aromatic carbocycles. The fraction of sp³-hybridized carbons (Fsp3) is 0.478. The van der Waals surface area contributed by atoms with Gasteiger partial charge in [0.1, 0.15) is 0 Å². The SMILES string of the molecule is C=C1C(CC2CCC(C(=C)CCC)CC2)=CCc2ccccc21. The number of hydrogen-bond donors (Lipinski definition) is 0. The summed E-state index contributed by atoms with van der Waals surface area (Å²) in [5.41, 5.74) is 7.07. The van der Waals surface area contributed by atoms with Crippen molar-refractivity contribution >= 4 is 5.57 Å². The highest BCUT2D eigenvalue weighted by Gasteiger charge is 2.25. The largest absolute Gasteiger partial charge is 0.0996 e. The van der Waals surface area contributed by atoms with E-state index >= 15 is 0 Å². The zero-order chi connectivity index (χ0) is 16.2. The molecule has 0 heterocycles. The quantitative estimate of drug-likeness (QED) is 0.529. The fourth-order valence-electron chi connectivity index (χ4n) is 4.34. The summed E-state index contributed by atoms with van der Waals surface area (Å²) in [6.07, 6.45) is 12.6. The molecule has 0 saturated heterocycles. The van der Waals surface area contributed by atoms with Gasteiger partial charge in [-0.15, -0.1) is 0 Å². The van der Waals surface area contributed by atoms with Crippen LogP contribution in [0.5, 0.6) is 0 Å². The molecule has 3 rings (SSSR count). The van der Waals surface area contributed by atoms with Gasteiger partial charge in [0.2, 0.25) is 0 Å². The Kier molecular flexibility index (Phi) is 5.20. The molecule has 23 heavy (non-hydrogen) atoms. The molecule has 0 aromatic heterocycles. The highest BCUT2D eigenvalue weighted by molar-refractivity contribution is 5.81. The van der Waals surface area contributed by atoms with E-state index in [1.165, 1.54) is 72.8 Å². The van der Waals surface area contributed by atoms with Gasteiger partial charge in [0.15, 0.2) is 0 Å². The first kappa shape index (κ1) is 16.3. The predicted molar refractivity (Wildman–Crippen MR) is 101 cm³/mol. The predicted octanol–water partition coefficient (Wildman–Crippen LogP) is 6.74. The first-order valence-electron chi connectivity index (χ1n) is 9.33. The molecule has 0 aliphatic heterocycles. The summed E-state index contributed by atoms with van der Waals surface area (Å²) in [5, 5.41) is 0. The number of fused-ring (bicyclic) bond motifs is 1. The lowest BCUT2D eigenvalue weighted by atomic mass is 9.74. The Hall–Kier alpha value is -1.56. The molecule has 0 atom stereocenters. The van der Waals surface area contributed by atoms with Gasteiger partial charge in [0.25, 0.3) is 0 Å². The van der Waals surface area contributed by atoms with Gasteiger partial charge in [-0.1, -0.05) is 62.4 Å². The van der Waals surface area contributed by atoms with Gasteiger partial charge >= 0.3 is 0 Å². The van der Waals surface area contributed by atoms with Crippen molar-refractivity contribution in [2.45, 2.75) is 58.3 Å². The summed E-state index contributed by atoms with van der Waals surface area (Å²) in [7, 11) is 0. The lowest BCUT2D eigenvalue weighted by molar-refractivity contribution is 0.297. The van der Waals surface area contributed by atoms with Crippen LogP contribution in [0.4, 0.5) is 0 Å². The topological polar surface area (TPSA) is 0 Å². The van der Waals surface area contributed by atoms with Crippen molar-refractivity contribution in [3.63, 3.8) is 0 Å². The zero-order valence-corrected chi connectivity index (χ0v) is 14.6. The van der Waals surface area contributed by atoms with Crippen molar-refractivity contribution in [2.24, 2.45) is 11.8 Å². The molecular formula is C23H30. The second-order valence-electron chi connectivity index (χ2n) is 7.40. The van der Waals surface area contributed by atoms with Gasteiger partial charge in [-0.2, -0.15) is 0 Å². The molecule has 1 saturated carbocycles. The molecular weight excluding hydrogens is 276 g/mol. The van der Waals surface area contributed by atoms with Crippen molar-refractivity contribution in [1.82, 2.24) is 0 Å². The van der Waals surface area contributed by atoms with Crippen LogP contribution in [0.1, 0.15) is 63.0 Å². The minimum atomic E-state index is 0.787. The molecule has 2 aliphatic rings. The second kappa shape index (κ2) is 7.34. The minimum Gasteiger partial charge on any atom is -0.0996 e. The average molecular weight is 306 g/mol. The van der Waals surface area contributed by atoms with Gasteiger partial charge in [-0.05, 0) is 79.1 Å². The first-order chi connectivity index (χ1) is 11.2. The van der Waals surface area contributed by atoms with Crippen LogP contribution in [0.25, 0.3) is 5.57 Å². The zero-order valence-electron chi connectivity index (χ0n) is 14.6. The van der Waals surface area contributed by atoms with Gasteiger partial charge in [0.05, 0.1) is 0 Å². The van der Waals surface area contributed by atoms with Crippen LogP contribution in [-0.2, 0) is 6.42 Å². The number of allylic oxidation sites excluding steroid dienone is 4. The molecule has 0 nitrogen and oxygen atoms in total. The van der Waals surface area contributed by atoms with E-state index in [0.717, 1.165) is 18.3 Å². The van der Waals surface area contributed by atoms with Crippen molar-refractivity contribution in [2.75, 3.05) is 0 Å². The van der Waals surface area contributed by atoms with Gasteiger partial charge < -0.3 is 0 Å². The Morgan fingerprint density at radius 2 is 1.87 bits per heavy atom. The summed E-state index contributed by atoms with van der Waals surface area (Å²) in [4.78, 5) is 0. The summed E-state index contributed by atoms with van der Waals surface area (Å²) >= 11 is 0. The van der Waals surface area contributed by atoms with E-state index in [4.69, 9.17) is 0 Å². The smallest absolute Gasteiger partial charge is 0.00853 e. The van der Waals surface area contributed by atoms with Crippen LogP contribution in [0, 0.1) is 11.8 Å². The van der Waals surface area contributed by atoms with Crippen LogP contribution >= 0.6 is 0 Å². The summed E-state index contributed by atoms with van der Waals surface area (Å²) in [6.45, 7) is 11.0. The maximum atomic E-state index is 4.39. The molecule has 1 aromatic rings. The number of hydrogen-bond acceptors (Lipinski definition) is 0. The van der Waals surface area contributed by atoms with Gasteiger partial charge in [-0.25, -0.2) is 0 Å². The minimum absolute atomic E-state index is 0.787. The molecule has 0 bridgehead atoms. The van der Waals surface area contributed by atoms with Crippen molar-refractivity contribution in [3.05, 3.63) is 65.8 Å². The third kappa shape index (κ3) is 3.68. The molecule has 122 valence electrons. The molecule has 0 heteroatoms. The lowest BCUT2D eigenvalue weighted by Gasteiger charge is -2.31. The van der Waals surface area contributed by atoms with Crippen LogP contribution < -0.4 is 0 Å². The molecule has 0 amide bonds. The molecule has 0 radical (unpaired) electrons. The van der Waals surface area contributed by atoms with Gasteiger partial charge in [-0.3, -0.25) is 0 Å². The normalized spacial score (nSPS) is 24.0. The third-order valence-corrected chi connectivity index (χ3v) is 5.80. The van der Waals surface area contributed by atoms with Gasteiger partial charge in [0, 0.05) is 0 Å². The summed E-state index contributed by atoms with van der Waals surface area (Å²) in [6, 6.07) is 8.74. The Balaban J connectivity index is 1.57. The molecule has 0 unspecified atom stereocenters. The van der Waals surface area contributed by atoms with E-state index in [1.807, 2.05) is 0 Å². The third-order valence-electron chi connectivity index (χ3n) is 5.80. The number of rotatable bonds is 5. The monoisotopic (exact) mass is 306 g/mol. The van der Waals surface area contributed by atoms with Crippen LogP contribution in [0.3, 0.4) is 0 Å². The molecule has 1 fully saturated rings. The highest BCUT2D eigenvalue weighted by Crippen LogP contribution is 2.40. The Labute approximate surface area is 142 Å². The average Bonchev–Trinajstić information content (AvgIpc) is 2.58. The Morgan fingerprint density at radius 1 is 1.13 bits per heavy atom. The summed E-state index contributed by atoms with van der Waals surface area (Å²) in [5.74, 6) is 1.63. The van der Waals surface area contributed by atoms with Crippen molar-refractivity contribution < 1.29 is 0 Å². The molecule has 2 aliphatic carbocycles. The lowest BCUT2D eigenvalue weighted by Crippen LogP contribution is -2.17. The van der Waals surface area contributed by atoms with Crippen molar-refractivity contribution in [3.8, 4) is 0 Å². The highest BCUT2D eigenvalue weighted by atomic mass is 14.3. The van der Waals surface area contributed by atoms with Crippen LogP contribution in [0.2, 0.25) is 0 Å². The second-order valence-corrected chi connectivity index (χ2v) is 7.40. The maximum absolute atomic E-state index is 4.39. The van der Waals surface area contributed by atoms with Crippen molar-refractivity contribution in [1.29, 1.82) is 0 Å². The Bertz CT molecular complexity index is 609. The van der Waals surface area contributed by atoms with E-state index in [2.05, 4.69) is 50.4 Å². The number of benzene rings is 1. The first-order valence-corrected chi connectivity index (χ1v) is 9.33. The standard InChI is InChI=1S/C23H30/c1-4-7-17(2)20-12-10-19(11-13-20)16-22-15-14-21-8-5-6-9-23(21)18(22)3/h5-6,8-9,15,19-20H,2-4,7,10-14,16H2,1H3. The van der Waals surface area contributed by atoms with E-state index in [1.54, 1.807) is 0 Å². The van der Waals surface area contributed by atoms with E-state index in [9.17, 15) is 0 Å². The van der Waals surface area contributed by atoms with E-state index in [-0.39, 0.29) is 0 Å².